The lowest BCUT2D eigenvalue weighted by atomic mass is 9.59. The first-order valence-electron chi connectivity index (χ1n) is 21.8. The minimum absolute atomic E-state index is 0.483. The largest absolute Gasteiger partial charge is 0.310 e. The number of rotatable bonds is 4. The van der Waals surface area contributed by atoms with Crippen LogP contribution in [0.4, 0.5) is 17.1 Å². The van der Waals surface area contributed by atoms with Gasteiger partial charge in [0.1, 0.15) is 8.07 Å². The monoisotopic (exact) mass is 806 g/mol. The second kappa shape index (κ2) is 13.0. The Hall–Kier alpha value is -7.46. The van der Waals surface area contributed by atoms with Crippen LogP contribution in [-0.2, 0) is 5.41 Å². The third-order valence-corrected chi connectivity index (χ3v) is 17.7. The van der Waals surface area contributed by atoms with Crippen LogP contribution >= 0.6 is 0 Å². The molecule has 2 nitrogen and oxygen atoms in total. The standard InChI is InChI=1S/C59H42N2Si/c1-62(2)56-29-13-11-26-51(56)59(50-25-10-8-22-46(50)48-24-14-18-40-19-15-27-53(59)58(40)48)52-34-32-45(38-57(52)62)60(43-31-30-39-16-6-7-17-41(39)36-43)44-33-35-55-49(37-44)47-23-9-12-28-54(47)61(55)42-20-4-3-5-21-42/h3-38H,1-2H3. The fourth-order valence-corrected chi connectivity index (χ4v) is 14.7. The Morgan fingerprint density at radius 3 is 1.87 bits per heavy atom. The van der Waals surface area contributed by atoms with Gasteiger partial charge in [0.25, 0.3) is 0 Å². The predicted molar refractivity (Wildman–Crippen MR) is 265 cm³/mol. The molecule has 0 amide bonds. The average Bonchev–Trinajstić information content (AvgIpc) is 3.66. The molecule has 1 spiro atoms. The molecule has 1 aromatic heterocycles. The van der Waals surface area contributed by atoms with Gasteiger partial charge in [-0.2, -0.15) is 0 Å². The van der Waals surface area contributed by atoms with E-state index in [9.17, 15) is 0 Å². The Morgan fingerprint density at radius 2 is 0.984 bits per heavy atom. The number of nitrogens with zero attached hydrogens (tertiary/aromatic N) is 2. The molecule has 13 rings (SSSR count). The van der Waals surface area contributed by atoms with Gasteiger partial charge in [0.2, 0.25) is 0 Å². The summed E-state index contributed by atoms with van der Waals surface area (Å²) in [4.78, 5) is 2.50. The highest BCUT2D eigenvalue weighted by atomic mass is 28.3. The van der Waals surface area contributed by atoms with Crippen molar-refractivity contribution < 1.29 is 0 Å². The van der Waals surface area contributed by atoms with Crippen LogP contribution in [0.25, 0.3) is 60.2 Å². The van der Waals surface area contributed by atoms with Crippen molar-refractivity contribution >= 4 is 78.9 Å². The minimum atomic E-state index is -2.30. The van der Waals surface area contributed by atoms with Crippen LogP contribution in [0.2, 0.25) is 13.1 Å². The van der Waals surface area contributed by atoms with Crippen LogP contribution in [0.15, 0.2) is 218 Å². The number of aromatic nitrogens is 1. The maximum atomic E-state index is 2.58. The number of benzene rings is 10. The third kappa shape index (κ3) is 4.74. The average molecular weight is 807 g/mol. The zero-order valence-corrected chi connectivity index (χ0v) is 35.7. The van der Waals surface area contributed by atoms with Crippen molar-refractivity contribution in [3.05, 3.63) is 241 Å². The van der Waals surface area contributed by atoms with Gasteiger partial charge in [0.05, 0.1) is 16.4 Å². The van der Waals surface area contributed by atoms with Gasteiger partial charge in [0, 0.05) is 33.5 Å². The van der Waals surface area contributed by atoms with E-state index in [1.165, 1.54) is 92.8 Å². The Kier molecular flexibility index (Phi) is 7.41. The lowest BCUT2D eigenvalue weighted by molar-refractivity contribution is 0.754. The van der Waals surface area contributed by atoms with Crippen molar-refractivity contribution in [2.45, 2.75) is 18.5 Å². The number of fused-ring (bicyclic) bond motifs is 12. The van der Waals surface area contributed by atoms with Crippen molar-refractivity contribution in [3.63, 3.8) is 0 Å². The molecule has 2 heterocycles. The van der Waals surface area contributed by atoms with E-state index in [4.69, 9.17) is 0 Å². The van der Waals surface area contributed by atoms with Crippen molar-refractivity contribution in [1.82, 2.24) is 4.57 Å². The summed E-state index contributed by atoms with van der Waals surface area (Å²) in [5, 5.41) is 10.6. The summed E-state index contributed by atoms with van der Waals surface area (Å²) in [6.07, 6.45) is 0. The summed E-state index contributed by atoms with van der Waals surface area (Å²) in [6, 6.07) is 82.2. The molecule has 0 bridgehead atoms. The van der Waals surface area contributed by atoms with Gasteiger partial charge in [-0.15, -0.1) is 0 Å². The zero-order chi connectivity index (χ0) is 41.2. The molecule has 0 saturated carbocycles. The van der Waals surface area contributed by atoms with Gasteiger partial charge >= 0.3 is 0 Å². The molecule has 1 atom stereocenters. The van der Waals surface area contributed by atoms with Gasteiger partial charge in [-0.3, -0.25) is 0 Å². The zero-order valence-electron chi connectivity index (χ0n) is 34.7. The molecule has 1 aliphatic heterocycles. The van der Waals surface area contributed by atoms with Crippen LogP contribution in [0.3, 0.4) is 0 Å². The summed E-state index contributed by atoms with van der Waals surface area (Å²) in [7, 11) is -2.30. The van der Waals surface area contributed by atoms with Crippen LogP contribution < -0.4 is 15.3 Å². The molecule has 2 aliphatic rings. The molecular formula is C59H42N2Si. The number of hydrogen-bond donors (Lipinski definition) is 0. The Labute approximate surface area is 362 Å². The highest BCUT2D eigenvalue weighted by Gasteiger charge is 2.52. The molecule has 62 heavy (non-hydrogen) atoms. The fourth-order valence-electron chi connectivity index (χ4n) is 11.5. The summed E-state index contributed by atoms with van der Waals surface area (Å²) in [6.45, 7) is 5.13. The first-order chi connectivity index (χ1) is 30.5. The molecule has 292 valence electrons. The van der Waals surface area contributed by atoms with E-state index in [1.54, 1.807) is 0 Å². The minimum Gasteiger partial charge on any atom is -0.310 e. The van der Waals surface area contributed by atoms with Gasteiger partial charge in [-0.25, -0.2) is 0 Å². The van der Waals surface area contributed by atoms with E-state index in [0.717, 1.165) is 17.1 Å². The summed E-state index contributed by atoms with van der Waals surface area (Å²) < 4.78 is 2.40. The number of anilines is 3. The molecular weight excluding hydrogens is 765 g/mol. The topological polar surface area (TPSA) is 8.17 Å². The highest BCUT2D eigenvalue weighted by Crippen LogP contribution is 2.56. The molecule has 11 aromatic rings. The molecule has 0 fully saturated rings. The van der Waals surface area contributed by atoms with Gasteiger partial charge < -0.3 is 9.47 Å². The fraction of sp³-hybridized carbons (Fsp3) is 0.0508. The second-order valence-corrected chi connectivity index (χ2v) is 22.0. The van der Waals surface area contributed by atoms with Gasteiger partial charge in [-0.1, -0.05) is 171 Å². The van der Waals surface area contributed by atoms with E-state index in [1.807, 2.05) is 0 Å². The van der Waals surface area contributed by atoms with Gasteiger partial charge in [-0.05, 0) is 126 Å². The van der Waals surface area contributed by atoms with Gasteiger partial charge in [0.15, 0.2) is 0 Å². The SMILES string of the molecule is C[Si]1(C)c2ccccc2C2(c3ccccc3-c3cccc4cccc2c34)c2ccc(N(c3ccc4ccccc4c3)c3ccc4c(c3)c3ccccc3n4-c3ccccc3)cc21. The lowest BCUT2D eigenvalue weighted by Crippen LogP contribution is -2.63. The maximum Gasteiger partial charge on any atom is 0.113 e. The second-order valence-electron chi connectivity index (χ2n) is 17.7. The van der Waals surface area contributed by atoms with E-state index in [0.29, 0.717) is 0 Å². The van der Waals surface area contributed by atoms with Crippen molar-refractivity contribution in [1.29, 1.82) is 0 Å². The van der Waals surface area contributed by atoms with Crippen LogP contribution in [-0.4, -0.2) is 12.6 Å². The Balaban J connectivity index is 1.10. The van der Waals surface area contributed by atoms with Crippen molar-refractivity contribution in [3.8, 4) is 16.8 Å². The third-order valence-electron chi connectivity index (χ3n) is 14.2. The number of para-hydroxylation sites is 2. The summed E-state index contributed by atoms with van der Waals surface area (Å²) in [5.74, 6) is 0. The van der Waals surface area contributed by atoms with E-state index >= 15 is 0 Å². The van der Waals surface area contributed by atoms with Crippen molar-refractivity contribution in [2.24, 2.45) is 0 Å². The van der Waals surface area contributed by atoms with Crippen LogP contribution in [0.1, 0.15) is 22.3 Å². The normalized spacial score (nSPS) is 15.8. The first kappa shape index (κ1) is 35.3. The lowest BCUT2D eigenvalue weighted by Gasteiger charge is -2.50. The highest BCUT2D eigenvalue weighted by molar-refractivity contribution is 7.01. The van der Waals surface area contributed by atoms with E-state index < -0.39 is 13.5 Å². The number of hydrogen-bond acceptors (Lipinski definition) is 1. The Bertz CT molecular complexity index is 3630. The molecule has 3 heteroatoms. The van der Waals surface area contributed by atoms with E-state index in [2.05, 4.69) is 241 Å². The predicted octanol–water partition coefficient (Wildman–Crippen LogP) is 14.1. The maximum absolute atomic E-state index is 2.58. The van der Waals surface area contributed by atoms with E-state index in [-0.39, 0.29) is 0 Å². The summed E-state index contributed by atoms with van der Waals surface area (Å²) in [5.41, 5.74) is 14.8. The smallest absolute Gasteiger partial charge is 0.113 e. The molecule has 10 aromatic carbocycles. The summed E-state index contributed by atoms with van der Waals surface area (Å²) >= 11 is 0. The Morgan fingerprint density at radius 1 is 0.387 bits per heavy atom. The van der Waals surface area contributed by atoms with Crippen LogP contribution in [0.5, 0.6) is 0 Å². The first-order valence-corrected chi connectivity index (χ1v) is 24.8. The molecule has 0 saturated heterocycles. The van der Waals surface area contributed by atoms with Crippen LogP contribution in [0, 0.1) is 0 Å². The van der Waals surface area contributed by atoms with Crippen molar-refractivity contribution in [2.75, 3.05) is 4.90 Å². The molecule has 0 radical (unpaired) electrons. The molecule has 0 N–H and O–H groups in total. The molecule has 1 aliphatic carbocycles. The molecule has 1 unspecified atom stereocenters. The quantitative estimate of drug-likeness (QED) is 0.161.